The summed E-state index contributed by atoms with van der Waals surface area (Å²) in [6.07, 6.45) is 5.69. The maximum atomic E-state index is 11.3. The van der Waals surface area contributed by atoms with E-state index in [1.165, 1.54) is 11.1 Å². The molecule has 2 aromatic carbocycles. The highest BCUT2D eigenvalue weighted by atomic mass is 16.3. The van der Waals surface area contributed by atoms with Gasteiger partial charge in [0.05, 0.1) is 24.6 Å². The van der Waals surface area contributed by atoms with Gasteiger partial charge in [0.2, 0.25) is 5.95 Å². The molecule has 5 aromatic rings. The van der Waals surface area contributed by atoms with Crippen LogP contribution in [0.2, 0.25) is 0 Å². The molecule has 2 fully saturated rings. The molecule has 0 radical (unpaired) electrons. The molecular formula is C33H39N9O2. The number of hydrogen-bond donors (Lipinski definition) is 4. The van der Waals surface area contributed by atoms with E-state index >= 15 is 0 Å². The van der Waals surface area contributed by atoms with Gasteiger partial charge in [-0.15, -0.1) is 0 Å². The molecule has 3 aromatic heterocycles. The fraction of sp³-hybridized carbons (Fsp3) is 0.394. The van der Waals surface area contributed by atoms with Crippen LogP contribution in [0.15, 0.2) is 79.4 Å². The van der Waals surface area contributed by atoms with Crippen molar-refractivity contribution in [3.05, 3.63) is 96.1 Å². The second-order valence-electron chi connectivity index (χ2n) is 12.0. The maximum Gasteiger partial charge on any atom is 0.229 e. The molecule has 228 valence electrons. The number of aromatic nitrogens is 6. The Hall–Kier alpha value is -4.32. The van der Waals surface area contributed by atoms with Gasteiger partial charge in [-0.3, -0.25) is 4.68 Å². The molecule has 5 atom stereocenters. The molecule has 1 saturated carbocycles. The fourth-order valence-corrected chi connectivity index (χ4v) is 6.64. The largest absolute Gasteiger partial charge is 0.388 e. The average molecular weight is 594 g/mol. The molecule has 0 amide bonds. The van der Waals surface area contributed by atoms with Gasteiger partial charge >= 0.3 is 0 Å². The topological polar surface area (TPSA) is 143 Å². The van der Waals surface area contributed by atoms with Crippen LogP contribution < -0.4 is 16.0 Å². The quantitative estimate of drug-likeness (QED) is 0.202. The smallest absolute Gasteiger partial charge is 0.229 e. The van der Waals surface area contributed by atoms with Gasteiger partial charge in [0.15, 0.2) is 17.0 Å². The van der Waals surface area contributed by atoms with Crippen molar-refractivity contribution in [2.24, 2.45) is 5.73 Å². The molecule has 0 spiro atoms. The lowest BCUT2D eigenvalue weighted by Crippen LogP contribution is -2.30. The second-order valence-corrected chi connectivity index (χ2v) is 12.0. The number of imidazole rings is 1. The summed E-state index contributed by atoms with van der Waals surface area (Å²) in [5.74, 6) is 1.29. The van der Waals surface area contributed by atoms with E-state index in [2.05, 4.69) is 70.8 Å². The Morgan fingerprint density at radius 1 is 0.977 bits per heavy atom. The normalized spacial score (nSPS) is 23.7. The van der Waals surface area contributed by atoms with Crippen molar-refractivity contribution in [2.75, 3.05) is 29.9 Å². The molecule has 2 aliphatic rings. The number of aryl methyl sites for hydroxylation is 1. The van der Waals surface area contributed by atoms with Gasteiger partial charge in [0, 0.05) is 37.8 Å². The lowest BCUT2D eigenvalue weighted by atomic mass is 9.91. The number of fused-ring (bicyclic) bond motifs is 1. The van der Waals surface area contributed by atoms with Crippen LogP contribution in [0.3, 0.4) is 0 Å². The molecule has 7 rings (SSSR count). The van der Waals surface area contributed by atoms with Gasteiger partial charge in [-0.1, -0.05) is 67.6 Å². The van der Waals surface area contributed by atoms with Crippen LogP contribution in [-0.4, -0.2) is 77.4 Å². The summed E-state index contributed by atoms with van der Waals surface area (Å²) in [6.45, 7) is 4.10. The van der Waals surface area contributed by atoms with E-state index in [9.17, 15) is 10.2 Å². The van der Waals surface area contributed by atoms with Gasteiger partial charge in [0.1, 0.15) is 12.2 Å². The zero-order valence-electron chi connectivity index (χ0n) is 24.8. The van der Waals surface area contributed by atoms with Crippen LogP contribution in [0, 0.1) is 0 Å². The highest BCUT2D eigenvalue weighted by Crippen LogP contribution is 2.40. The van der Waals surface area contributed by atoms with Gasteiger partial charge < -0.3 is 30.7 Å². The number of nitrogens with zero attached hydrogens (tertiary/aromatic N) is 7. The predicted octanol–water partition coefficient (Wildman–Crippen LogP) is 3.27. The number of nitrogens with two attached hydrogens (primary N) is 1. The maximum absolute atomic E-state index is 11.3. The van der Waals surface area contributed by atoms with Crippen LogP contribution in [-0.2, 0) is 6.42 Å². The Labute approximate surface area is 256 Å². The molecule has 11 heteroatoms. The zero-order chi connectivity index (χ0) is 30.2. The van der Waals surface area contributed by atoms with E-state index in [0.717, 1.165) is 24.9 Å². The van der Waals surface area contributed by atoms with E-state index in [1.54, 1.807) is 11.0 Å². The van der Waals surface area contributed by atoms with Crippen molar-refractivity contribution < 1.29 is 10.2 Å². The molecular weight excluding hydrogens is 554 g/mol. The summed E-state index contributed by atoms with van der Waals surface area (Å²) in [5.41, 5.74) is 11.0. The lowest BCUT2D eigenvalue weighted by molar-refractivity contribution is 0.00721. The molecule has 1 saturated heterocycles. The molecule has 1 unspecified atom stereocenters. The second kappa shape index (κ2) is 12.0. The Kier molecular flexibility index (Phi) is 7.75. The van der Waals surface area contributed by atoms with Crippen LogP contribution in [0.4, 0.5) is 11.8 Å². The molecule has 44 heavy (non-hydrogen) atoms. The van der Waals surface area contributed by atoms with Crippen molar-refractivity contribution in [2.45, 2.75) is 62.4 Å². The van der Waals surface area contributed by atoms with Gasteiger partial charge in [-0.2, -0.15) is 15.1 Å². The van der Waals surface area contributed by atoms with Crippen molar-refractivity contribution >= 4 is 22.9 Å². The van der Waals surface area contributed by atoms with Crippen LogP contribution in [0.25, 0.3) is 11.2 Å². The summed E-state index contributed by atoms with van der Waals surface area (Å²) < 4.78 is 3.67. The molecule has 5 N–H and O–H groups in total. The number of aliphatic hydroxyl groups excluding tert-OH is 2. The Balaban J connectivity index is 1.25. The van der Waals surface area contributed by atoms with E-state index < -0.39 is 18.2 Å². The zero-order valence-corrected chi connectivity index (χ0v) is 24.8. The number of rotatable bonds is 9. The van der Waals surface area contributed by atoms with Gasteiger partial charge in [-0.25, -0.2) is 4.98 Å². The van der Waals surface area contributed by atoms with E-state index in [-0.39, 0.29) is 18.0 Å². The standard InChI is InChI=1S/C33H39N9O2/c1-2-21-16-37-42(18-21)27-15-26(29(43)30(27)44)41-20-36-28-31(38-33(39-32(28)41)40-14-13-24(34)19-40)35-17-25(22-9-5-3-6-10-22)23-11-7-4-8-12-23/h3-12,16,18,20,24-27,29-30,43-44H,2,13-15,17,19,34H2,1H3,(H,35,38,39)/t24?,26-,27+,29+,30-/m1/s1. The number of anilines is 2. The van der Waals surface area contributed by atoms with Crippen molar-refractivity contribution in [1.29, 1.82) is 0 Å². The third-order valence-electron chi connectivity index (χ3n) is 9.18. The first-order valence-electron chi connectivity index (χ1n) is 15.5. The Bertz CT molecular complexity index is 1670. The molecule has 1 aliphatic carbocycles. The minimum absolute atomic E-state index is 0.0609. The first kappa shape index (κ1) is 28.5. The first-order chi connectivity index (χ1) is 21.5. The van der Waals surface area contributed by atoms with Crippen LogP contribution in [0.5, 0.6) is 0 Å². The Morgan fingerprint density at radius 2 is 1.68 bits per heavy atom. The summed E-state index contributed by atoms with van der Waals surface area (Å²) >= 11 is 0. The number of hydrogen-bond acceptors (Lipinski definition) is 9. The SMILES string of the molecule is CCc1cnn([C@H]2C[C@@H](n3cnc4c(NCC(c5ccccc5)c5ccccc5)nc(N5CCC(N)C5)nc43)[C@H](O)[C@@H]2O)c1. The third kappa shape index (κ3) is 5.31. The van der Waals surface area contributed by atoms with Crippen molar-refractivity contribution in [1.82, 2.24) is 29.3 Å². The summed E-state index contributed by atoms with van der Waals surface area (Å²) in [7, 11) is 0. The number of nitrogens with one attached hydrogen (secondary N) is 1. The van der Waals surface area contributed by atoms with E-state index in [4.69, 9.17) is 20.7 Å². The van der Waals surface area contributed by atoms with Crippen LogP contribution >= 0.6 is 0 Å². The summed E-state index contributed by atoms with van der Waals surface area (Å²) in [5, 5.41) is 30.5. The first-order valence-corrected chi connectivity index (χ1v) is 15.5. The van der Waals surface area contributed by atoms with E-state index in [1.807, 2.05) is 29.1 Å². The summed E-state index contributed by atoms with van der Waals surface area (Å²) in [6, 6.07) is 20.1. The average Bonchev–Trinajstić information content (AvgIpc) is 3.86. The third-order valence-corrected chi connectivity index (χ3v) is 9.18. The molecule has 0 bridgehead atoms. The van der Waals surface area contributed by atoms with Gasteiger partial charge in [0.25, 0.3) is 0 Å². The van der Waals surface area contributed by atoms with Crippen molar-refractivity contribution in [3.8, 4) is 0 Å². The number of benzene rings is 2. The molecule has 11 nitrogen and oxygen atoms in total. The predicted molar refractivity (Wildman–Crippen MR) is 170 cm³/mol. The monoisotopic (exact) mass is 593 g/mol. The Morgan fingerprint density at radius 3 is 2.32 bits per heavy atom. The summed E-state index contributed by atoms with van der Waals surface area (Å²) in [4.78, 5) is 16.8. The minimum atomic E-state index is -1.01. The van der Waals surface area contributed by atoms with E-state index in [0.29, 0.717) is 42.4 Å². The molecule has 1 aliphatic heterocycles. The number of aliphatic hydroxyl groups is 2. The highest BCUT2D eigenvalue weighted by Gasteiger charge is 2.44. The van der Waals surface area contributed by atoms with Crippen molar-refractivity contribution in [3.63, 3.8) is 0 Å². The lowest BCUT2D eigenvalue weighted by Gasteiger charge is -2.22. The molecule has 4 heterocycles. The highest BCUT2D eigenvalue weighted by molar-refractivity contribution is 5.84. The van der Waals surface area contributed by atoms with Crippen LogP contribution in [0.1, 0.15) is 54.5 Å². The fourth-order valence-electron chi connectivity index (χ4n) is 6.64. The minimum Gasteiger partial charge on any atom is -0.388 e. The van der Waals surface area contributed by atoms with Gasteiger partial charge in [-0.05, 0) is 36.0 Å².